The molecular weight excluding hydrogens is 316 g/mol. The van der Waals surface area contributed by atoms with E-state index in [2.05, 4.69) is 4.99 Å². The van der Waals surface area contributed by atoms with Crippen LogP contribution in [-0.4, -0.2) is 31.7 Å². The van der Waals surface area contributed by atoms with Crippen LogP contribution in [0.15, 0.2) is 17.1 Å². The Labute approximate surface area is 139 Å². The largest absolute Gasteiger partial charge is 0.330 e. The second kappa shape index (κ2) is 7.99. The summed E-state index contributed by atoms with van der Waals surface area (Å²) in [6.07, 6.45) is 2.27. The molecule has 2 amide bonds. The number of nitrogens with one attached hydrogen (secondary N) is 1. The first-order valence-electron chi connectivity index (χ1n) is 7.93. The Morgan fingerprint density at radius 1 is 1.42 bits per heavy atom. The number of amides is 2. The van der Waals surface area contributed by atoms with Crippen LogP contribution in [0.1, 0.15) is 44.1 Å². The molecule has 1 unspecified atom stereocenters. The van der Waals surface area contributed by atoms with Crippen molar-refractivity contribution in [2.45, 2.75) is 38.5 Å². The number of rotatable bonds is 6. The molecule has 1 aromatic carbocycles. The molecule has 1 atom stereocenters. The van der Waals surface area contributed by atoms with Gasteiger partial charge in [0.1, 0.15) is 17.5 Å². The molecule has 0 aromatic heterocycles. The van der Waals surface area contributed by atoms with Gasteiger partial charge in [-0.05, 0) is 30.9 Å². The molecule has 1 heterocycles. The van der Waals surface area contributed by atoms with Gasteiger partial charge in [0, 0.05) is 37.7 Å². The summed E-state index contributed by atoms with van der Waals surface area (Å²) in [5.41, 5.74) is 0.421. The smallest absolute Gasteiger partial charge is 0.226 e. The van der Waals surface area contributed by atoms with E-state index < -0.39 is 23.5 Å². The molecular formula is C17H21F2N3O2. The Balaban J connectivity index is 2.17. The zero-order valence-corrected chi connectivity index (χ0v) is 13.8. The standard InChI is InChI=1S/C17H21F2N3O2/c1-11(5-6-16(24)21-10-23)17-13(18)8-12(9-14(17)19)22-7-3-4-15(22)20-2/h8-11H,3-7H2,1-2H3,(H,21,23,24). The monoisotopic (exact) mass is 337 g/mol. The van der Waals surface area contributed by atoms with Gasteiger partial charge < -0.3 is 4.90 Å². The van der Waals surface area contributed by atoms with Gasteiger partial charge >= 0.3 is 0 Å². The summed E-state index contributed by atoms with van der Waals surface area (Å²) in [6, 6.07) is 2.63. The minimum atomic E-state index is -0.629. The number of aliphatic imine (C=N–C) groups is 1. The summed E-state index contributed by atoms with van der Waals surface area (Å²) >= 11 is 0. The van der Waals surface area contributed by atoms with Crippen molar-refractivity contribution in [2.75, 3.05) is 18.5 Å². The van der Waals surface area contributed by atoms with E-state index in [1.165, 1.54) is 12.1 Å². The Morgan fingerprint density at radius 2 is 2.08 bits per heavy atom. The molecule has 24 heavy (non-hydrogen) atoms. The lowest BCUT2D eigenvalue weighted by molar-refractivity contribution is -0.125. The van der Waals surface area contributed by atoms with Crippen LogP contribution in [0.4, 0.5) is 14.5 Å². The highest BCUT2D eigenvalue weighted by Crippen LogP contribution is 2.31. The number of hydrogen-bond acceptors (Lipinski definition) is 3. The Morgan fingerprint density at radius 3 is 2.67 bits per heavy atom. The molecule has 1 saturated heterocycles. The number of carbonyl (C=O) groups excluding carboxylic acids is 2. The van der Waals surface area contributed by atoms with Gasteiger partial charge in [-0.3, -0.25) is 19.9 Å². The third-order valence-electron chi connectivity index (χ3n) is 4.24. The van der Waals surface area contributed by atoms with Gasteiger partial charge in [-0.1, -0.05) is 6.92 Å². The minimum Gasteiger partial charge on any atom is -0.330 e. The van der Waals surface area contributed by atoms with Crippen LogP contribution in [-0.2, 0) is 9.59 Å². The van der Waals surface area contributed by atoms with Crippen molar-refractivity contribution in [3.63, 3.8) is 0 Å². The fourth-order valence-electron chi connectivity index (χ4n) is 3.00. The second-order valence-corrected chi connectivity index (χ2v) is 5.84. The van der Waals surface area contributed by atoms with Crippen molar-refractivity contribution < 1.29 is 18.4 Å². The average Bonchev–Trinajstić information content (AvgIpc) is 3.01. The van der Waals surface area contributed by atoms with E-state index in [9.17, 15) is 18.4 Å². The van der Waals surface area contributed by atoms with Crippen molar-refractivity contribution in [3.8, 4) is 0 Å². The van der Waals surface area contributed by atoms with E-state index in [1.807, 2.05) is 10.2 Å². The van der Waals surface area contributed by atoms with Crippen LogP contribution in [0.25, 0.3) is 0 Å². The lowest BCUT2D eigenvalue weighted by Gasteiger charge is -2.21. The summed E-state index contributed by atoms with van der Waals surface area (Å²) in [7, 11) is 1.67. The summed E-state index contributed by atoms with van der Waals surface area (Å²) in [5, 5.41) is 2.01. The fourth-order valence-corrected chi connectivity index (χ4v) is 3.00. The number of nitrogens with zero attached hydrogens (tertiary/aromatic N) is 2. The minimum absolute atomic E-state index is 0.0271. The van der Waals surface area contributed by atoms with Gasteiger partial charge in [-0.15, -0.1) is 0 Å². The van der Waals surface area contributed by atoms with Gasteiger partial charge in [-0.25, -0.2) is 8.78 Å². The van der Waals surface area contributed by atoms with Crippen LogP contribution < -0.4 is 10.2 Å². The first kappa shape index (κ1) is 18.0. The Hall–Kier alpha value is -2.31. The van der Waals surface area contributed by atoms with Crippen molar-refractivity contribution in [1.82, 2.24) is 5.32 Å². The molecule has 0 saturated carbocycles. The van der Waals surface area contributed by atoms with E-state index in [0.29, 0.717) is 18.6 Å². The first-order valence-corrected chi connectivity index (χ1v) is 7.93. The summed E-state index contributed by atoms with van der Waals surface area (Å²) in [5.74, 6) is -1.38. The van der Waals surface area contributed by atoms with Crippen LogP contribution in [0, 0.1) is 11.6 Å². The zero-order chi connectivity index (χ0) is 17.7. The predicted octanol–water partition coefficient (Wildman–Crippen LogP) is 2.75. The molecule has 1 fully saturated rings. The summed E-state index contributed by atoms with van der Waals surface area (Å²) < 4.78 is 28.9. The summed E-state index contributed by atoms with van der Waals surface area (Å²) in [4.78, 5) is 27.5. The molecule has 1 aromatic rings. The molecule has 130 valence electrons. The Bertz CT molecular complexity index is 638. The van der Waals surface area contributed by atoms with Crippen molar-refractivity contribution >= 4 is 23.8 Å². The SMILES string of the molecule is CN=C1CCCN1c1cc(F)c(C(C)CCC(=O)NC=O)c(F)c1. The second-order valence-electron chi connectivity index (χ2n) is 5.84. The number of amidine groups is 1. The van der Waals surface area contributed by atoms with Crippen LogP contribution >= 0.6 is 0 Å². The Kier molecular flexibility index (Phi) is 6.00. The molecule has 0 aliphatic carbocycles. The van der Waals surface area contributed by atoms with E-state index in [4.69, 9.17) is 0 Å². The van der Waals surface area contributed by atoms with Crippen LogP contribution in [0.5, 0.6) is 0 Å². The van der Waals surface area contributed by atoms with Gasteiger partial charge in [0.2, 0.25) is 12.3 Å². The number of halogens is 2. The lowest BCUT2D eigenvalue weighted by Crippen LogP contribution is -2.24. The maximum absolute atomic E-state index is 14.5. The molecule has 0 spiro atoms. The maximum Gasteiger partial charge on any atom is 0.226 e. The predicted molar refractivity (Wildman–Crippen MR) is 88.2 cm³/mol. The number of imide groups is 1. The zero-order valence-electron chi connectivity index (χ0n) is 13.8. The van der Waals surface area contributed by atoms with E-state index in [-0.39, 0.29) is 18.4 Å². The molecule has 0 radical (unpaired) electrons. The van der Waals surface area contributed by atoms with E-state index in [1.54, 1.807) is 14.0 Å². The molecule has 5 nitrogen and oxygen atoms in total. The van der Waals surface area contributed by atoms with E-state index >= 15 is 0 Å². The third-order valence-corrected chi connectivity index (χ3v) is 4.24. The normalized spacial score (nSPS) is 17.2. The maximum atomic E-state index is 14.5. The van der Waals surface area contributed by atoms with Gasteiger partial charge in [0.25, 0.3) is 0 Å². The number of hydrogen-bond donors (Lipinski definition) is 1. The quantitative estimate of drug-likeness (QED) is 0.812. The molecule has 1 aliphatic heterocycles. The molecule has 1 N–H and O–H groups in total. The van der Waals surface area contributed by atoms with Crippen molar-refractivity contribution in [2.24, 2.45) is 4.99 Å². The highest BCUT2D eigenvalue weighted by atomic mass is 19.1. The number of benzene rings is 1. The molecule has 0 bridgehead atoms. The molecule has 2 rings (SSSR count). The van der Waals surface area contributed by atoms with E-state index in [0.717, 1.165) is 18.7 Å². The highest BCUT2D eigenvalue weighted by molar-refractivity contribution is 5.99. The van der Waals surface area contributed by atoms with Gasteiger partial charge in [0.05, 0.1) is 0 Å². The number of anilines is 1. The van der Waals surface area contributed by atoms with Gasteiger partial charge in [0.15, 0.2) is 0 Å². The van der Waals surface area contributed by atoms with Crippen LogP contribution in [0.2, 0.25) is 0 Å². The highest BCUT2D eigenvalue weighted by Gasteiger charge is 2.24. The lowest BCUT2D eigenvalue weighted by atomic mass is 9.94. The molecule has 1 aliphatic rings. The first-order chi connectivity index (χ1) is 11.5. The van der Waals surface area contributed by atoms with Crippen LogP contribution in [0.3, 0.4) is 0 Å². The van der Waals surface area contributed by atoms with Crippen molar-refractivity contribution in [3.05, 3.63) is 29.3 Å². The number of carbonyl (C=O) groups is 2. The topological polar surface area (TPSA) is 61.8 Å². The average molecular weight is 337 g/mol. The van der Waals surface area contributed by atoms with Crippen molar-refractivity contribution in [1.29, 1.82) is 0 Å². The fraction of sp³-hybridized carbons (Fsp3) is 0.471. The summed E-state index contributed by atoms with van der Waals surface area (Å²) in [6.45, 7) is 2.34. The van der Waals surface area contributed by atoms with Gasteiger partial charge in [-0.2, -0.15) is 0 Å². The molecule has 7 heteroatoms. The third kappa shape index (κ3) is 3.96.